The number of benzene rings is 1. The van der Waals surface area contributed by atoms with Crippen molar-refractivity contribution < 1.29 is 18.0 Å². The lowest BCUT2D eigenvalue weighted by Crippen LogP contribution is -2.39. The number of nitrogens with two attached hydrogens (primary N) is 2. The molecule has 3 rings (SSSR count). The molecule has 4 N–H and O–H groups in total. The lowest BCUT2D eigenvalue weighted by Gasteiger charge is -2.32. The van der Waals surface area contributed by atoms with Crippen molar-refractivity contribution in [3.63, 3.8) is 0 Å². The summed E-state index contributed by atoms with van der Waals surface area (Å²) in [6, 6.07) is 4.73. The Hall–Kier alpha value is -2.43. The number of carbonyl (C=O) groups is 1. The molecule has 0 unspecified atom stereocenters. The van der Waals surface area contributed by atoms with Crippen molar-refractivity contribution >= 4 is 21.7 Å². The van der Waals surface area contributed by atoms with Crippen molar-refractivity contribution in [3.05, 3.63) is 30.6 Å². The molecule has 1 aliphatic rings. The third-order valence-corrected chi connectivity index (χ3v) is 5.80. The highest BCUT2D eigenvalue weighted by Gasteiger charge is 2.29. The molecule has 9 nitrogen and oxygen atoms in total. The molecule has 1 aromatic carbocycles. The maximum atomic E-state index is 12.0. The van der Waals surface area contributed by atoms with Crippen LogP contribution in [0.1, 0.15) is 39.7 Å². The van der Waals surface area contributed by atoms with E-state index in [-0.39, 0.29) is 16.9 Å². The molecule has 29 heavy (non-hydrogen) atoms. The van der Waals surface area contributed by atoms with E-state index in [1.54, 1.807) is 23.4 Å². The highest BCUT2D eigenvalue weighted by molar-refractivity contribution is 7.89. The van der Waals surface area contributed by atoms with Gasteiger partial charge in [0.1, 0.15) is 0 Å². The predicted molar refractivity (Wildman–Crippen MR) is 109 cm³/mol. The van der Waals surface area contributed by atoms with E-state index in [0.717, 1.165) is 12.8 Å². The van der Waals surface area contributed by atoms with E-state index in [1.165, 1.54) is 6.07 Å². The van der Waals surface area contributed by atoms with Crippen molar-refractivity contribution in [2.24, 2.45) is 10.6 Å². The van der Waals surface area contributed by atoms with Crippen LogP contribution in [0.25, 0.3) is 11.1 Å². The second kappa shape index (κ2) is 7.77. The normalized spacial score (nSPS) is 16.7. The van der Waals surface area contributed by atoms with E-state index < -0.39 is 15.4 Å². The van der Waals surface area contributed by atoms with Gasteiger partial charge in [-0.25, -0.2) is 18.4 Å². The summed E-state index contributed by atoms with van der Waals surface area (Å²) in [5.74, 6) is -0.254. The first-order chi connectivity index (χ1) is 13.4. The van der Waals surface area contributed by atoms with Crippen LogP contribution in [-0.4, -0.2) is 42.3 Å². The molecule has 0 amide bonds. The summed E-state index contributed by atoms with van der Waals surface area (Å²) < 4.78 is 25.7. The zero-order valence-corrected chi connectivity index (χ0v) is 17.6. The fourth-order valence-electron chi connectivity index (χ4n) is 3.14. The Morgan fingerprint density at radius 1 is 1.24 bits per heavy atom. The van der Waals surface area contributed by atoms with Crippen molar-refractivity contribution in [2.45, 2.75) is 44.6 Å². The average Bonchev–Trinajstić information content (AvgIpc) is 3.10. The van der Waals surface area contributed by atoms with Gasteiger partial charge < -0.3 is 10.6 Å². The molecule has 0 spiro atoms. The Kier molecular flexibility index (Phi) is 5.70. The molecule has 0 aliphatic carbocycles. The monoisotopic (exact) mass is 421 g/mol. The quantitative estimate of drug-likeness (QED) is 0.720. The van der Waals surface area contributed by atoms with Crippen LogP contribution in [-0.2, 0) is 19.7 Å². The number of piperidine rings is 1. The largest absolute Gasteiger partial charge is 0.399 e. The van der Waals surface area contributed by atoms with E-state index in [9.17, 15) is 13.2 Å². The minimum Gasteiger partial charge on any atom is -0.399 e. The van der Waals surface area contributed by atoms with Crippen molar-refractivity contribution in [3.8, 4) is 11.1 Å². The Labute approximate surface area is 170 Å². The molecule has 1 saturated heterocycles. The Balaban J connectivity index is 1.72. The fraction of sp³-hybridized carbons (Fsp3) is 0.474. The smallest absolute Gasteiger partial charge is 0.330 e. The van der Waals surface area contributed by atoms with Gasteiger partial charge in [0.2, 0.25) is 10.0 Å². The van der Waals surface area contributed by atoms with Crippen LogP contribution in [0.15, 0.2) is 35.5 Å². The number of hydrogen-bond acceptors (Lipinski definition) is 7. The van der Waals surface area contributed by atoms with Crippen LogP contribution in [0, 0.1) is 5.41 Å². The van der Waals surface area contributed by atoms with Gasteiger partial charge in [-0.05, 0) is 45.7 Å². The van der Waals surface area contributed by atoms with Gasteiger partial charge >= 0.3 is 5.97 Å². The molecule has 1 aromatic heterocycles. The predicted octanol–water partition coefficient (Wildman–Crippen LogP) is 1.92. The SMILES string of the molecule is CC(C)(C)C(=O)ON1CCC(n2cc(-c3ccc(N)cc3S(N)(=O)=O)cn2)CC1. The first-order valence-corrected chi connectivity index (χ1v) is 10.9. The second-order valence-corrected chi connectivity index (χ2v) is 9.83. The molecule has 0 atom stereocenters. The second-order valence-electron chi connectivity index (χ2n) is 8.30. The van der Waals surface area contributed by atoms with Gasteiger partial charge in [-0.3, -0.25) is 4.68 Å². The van der Waals surface area contributed by atoms with Gasteiger partial charge in [0, 0.05) is 36.1 Å². The Morgan fingerprint density at radius 3 is 2.48 bits per heavy atom. The zero-order chi connectivity index (χ0) is 21.4. The van der Waals surface area contributed by atoms with E-state index >= 15 is 0 Å². The molecular weight excluding hydrogens is 394 g/mol. The first-order valence-electron chi connectivity index (χ1n) is 9.39. The summed E-state index contributed by atoms with van der Waals surface area (Å²) in [5, 5.41) is 11.4. The van der Waals surface area contributed by atoms with Crippen molar-refractivity contribution in [2.75, 3.05) is 18.8 Å². The van der Waals surface area contributed by atoms with Gasteiger partial charge in [-0.2, -0.15) is 5.10 Å². The summed E-state index contributed by atoms with van der Waals surface area (Å²) in [4.78, 5) is 17.5. The number of aromatic nitrogens is 2. The average molecular weight is 422 g/mol. The number of carbonyl (C=O) groups excluding carboxylic acids is 1. The molecule has 10 heteroatoms. The molecule has 158 valence electrons. The summed E-state index contributed by atoms with van der Waals surface area (Å²) in [6.45, 7) is 6.67. The molecule has 0 bridgehead atoms. The van der Waals surface area contributed by atoms with E-state index in [0.29, 0.717) is 29.9 Å². The van der Waals surface area contributed by atoms with Crippen molar-refractivity contribution in [1.82, 2.24) is 14.8 Å². The summed E-state index contributed by atoms with van der Waals surface area (Å²) in [6.07, 6.45) is 4.93. The molecule has 0 saturated carbocycles. The van der Waals surface area contributed by atoms with Gasteiger partial charge in [-0.1, -0.05) is 6.07 Å². The molecule has 0 radical (unpaired) electrons. The number of nitrogens with zero attached hydrogens (tertiary/aromatic N) is 3. The van der Waals surface area contributed by atoms with Gasteiger partial charge in [0.25, 0.3) is 0 Å². The summed E-state index contributed by atoms with van der Waals surface area (Å²) in [7, 11) is -3.92. The van der Waals surface area contributed by atoms with Crippen LogP contribution in [0.5, 0.6) is 0 Å². The maximum absolute atomic E-state index is 12.0. The maximum Gasteiger partial charge on any atom is 0.330 e. The van der Waals surface area contributed by atoms with E-state index in [2.05, 4.69) is 5.10 Å². The number of anilines is 1. The number of rotatable bonds is 4. The zero-order valence-electron chi connectivity index (χ0n) is 16.8. The summed E-state index contributed by atoms with van der Waals surface area (Å²) in [5.41, 5.74) is 6.60. The summed E-state index contributed by atoms with van der Waals surface area (Å²) >= 11 is 0. The van der Waals surface area contributed by atoms with Crippen LogP contribution >= 0.6 is 0 Å². The van der Waals surface area contributed by atoms with Crippen LogP contribution in [0.4, 0.5) is 5.69 Å². The van der Waals surface area contributed by atoms with Gasteiger partial charge in [0.15, 0.2) is 0 Å². The third kappa shape index (κ3) is 4.95. The first kappa shape index (κ1) is 21.3. The van der Waals surface area contributed by atoms with Crippen LogP contribution in [0.2, 0.25) is 0 Å². The lowest BCUT2D eigenvalue weighted by molar-refractivity contribution is -0.205. The Bertz CT molecular complexity index is 1000. The number of nitrogen functional groups attached to an aromatic ring is 1. The fourth-order valence-corrected chi connectivity index (χ4v) is 3.93. The minimum absolute atomic E-state index is 0.0269. The molecule has 1 fully saturated rings. The number of sulfonamides is 1. The van der Waals surface area contributed by atoms with Gasteiger partial charge in [0.05, 0.1) is 22.5 Å². The minimum atomic E-state index is -3.92. The molecule has 2 aromatic rings. The standard InChI is InChI=1S/C19H27N5O4S/c1-19(2,3)18(25)28-23-8-6-15(7-9-23)24-12-13(11-22-24)16-5-4-14(20)10-17(16)29(21,26)27/h4-5,10-12,15H,6-9,20H2,1-3H3,(H2,21,26,27). The number of primary sulfonamides is 1. The van der Waals surface area contributed by atoms with Crippen LogP contribution in [0.3, 0.4) is 0 Å². The van der Waals surface area contributed by atoms with E-state index in [1.807, 2.05) is 31.6 Å². The molecule has 1 aliphatic heterocycles. The van der Waals surface area contributed by atoms with Crippen LogP contribution < -0.4 is 10.9 Å². The number of hydroxylamine groups is 2. The Morgan fingerprint density at radius 2 is 1.90 bits per heavy atom. The lowest BCUT2D eigenvalue weighted by atomic mass is 9.98. The molecular formula is C19H27N5O4S. The highest BCUT2D eigenvalue weighted by atomic mass is 32.2. The third-order valence-electron chi connectivity index (χ3n) is 4.85. The highest BCUT2D eigenvalue weighted by Crippen LogP contribution is 2.30. The number of hydrogen-bond donors (Lipinski definition) is 2. The van der Waals surface area contributed by atoms with Gasteiger partial charge in [-0.15, -0.1) is 5.06 Å². The van der Waals surface area contributed by atoms with Crippen molar-refractivity contribution in [1.29, 1.82) is 0 Å². The molecule has 2 heterocycles. The topological polar surface area (TPSA) is 134 Å². The van der Waals surface area contributed by atoms with E-state index in [4.69, 9.17) is 15.7 Å².